The van der Waals surface area contributed by atoms with Gasteiger partial charge >= 0.3 is 0 Å². The predicted octanol–water partition coefficient (Wildman–Crippen LogP) is 4.79. The first-order chi connectivity index (χ1) is 17.6. The fourth-order valence-electron chi connectivity index (χ4n) is 6.49. The molecule has 0 spiro atoms. The molecule has 36 heavy (non-hydrogen) atoms. The van der Waals surface area contributed by atoms with Gasteiger partial charge in [-0.3, -0.25) is 14.5 Å². The van der Waals surface area contributed by atoms with E-state index < -0.39 is 0 Å². The summed E-state index contributed by atoms with van der Waals surface area (Å²) in [5.41, 5.74) is 5.96. The van der Waals surface area contributed by atoms with Crippen LogP contribution < -0.4 is 10.6 Å². The number of H-pyrrole nitrogens is 1. The van der Waals surface area contributed by atoms with Crippen molar-refractivity contribution in [2.24, 2.45) is 11.8 Å². The molecule has 3 N–H and O–H groups in total. The molecule has 6 heteroatoms. The molecular weight excluding hydrogens is 448 g/mol. The third-order valence-corrected chi connectivity index (χ3v) is 8.40. The maximum Gasteiger partial charge on any atom is 0.228 e. The maximum absolute atomic E-state index is 13.5. The number of hydrogen-bond acceptors (Lipinski definition) is 3. The molecule has 3 aromatic rings. The summed E-state index contributed by atoms with van der Waals surface area (Å²) in [6.07, 6.45) is 10.6. The van der Waals surface area contributed by atoms with Crippen LogP contribution in [0.5, 0.6) is 0 Å². The summed E-state index contributed by atoms with van der Waals surface area (Å²) in [4.78, 5) is 32.4. The molecule has 2 amide bonds. The smallest absolute Gasteiger partial charge is 0.228 e. The summed E-state index contributed by atoms with van der Waals surface area (Å²) in [5.74, 6) is -0.270. The van der Waals surface area contributed by atoms with E-state index in [9.17, 15) is 9.59 Å². The molecule has 2 aromatic carbocycles. The Morgan fingerprint density at radius 3 is 2.56 bits per heavy atom. The van der Waals surface area contributed by atoms with Crippen LogP contribution in [-0.2, 0) is 29.0 Å². The second kappa shape index (κ2) is 10.1. The molecule has 0 radical (unpaired) electrons. The Morgan fingerprint density at radius 1 is 0.917 bits per heavy atom. The number of carbonyl (C=O) groups is 2. The SMILES string of the molecule is O=C(Nc1ccc2c(c1)CCC2)[C@@H]1C[C@H](C(=O)NC2CCCC2)CN(Cc2c[nH]c3ccccc23)C1. The number of amides is 2. The molecule has 6 rings (SSSR count). The number of aryl methyl sites for hydroxylation is 2. The molecule has 0 unspecified atom stereocenters. The highest BCUT2D eigenvalue weighted by Crippen LogP contribution is 2.29. The fourth-order valence-corrected chi connectivity index (χ4v) is 6.49. The lowest BCUT2D eigenvalue weighted by Gasteiger charge is -2.37. The molecule has 2 fully saturated rings. The van der Waals surface area contributed by atoms with Crippen LogP contribution in [0.15, 0.2) is 48.7 Å². The first kappa shape index (κ1) is 23.3. The number of carbonyl (C=O) groups excluding carboxylic acids is 2. The van der Waals surface area contributed by atoms with Gasteiger partial charge in [0, 0.05) is 48.5 Å². The van der Waals surface area contributed by atoms with Crippen LogP contribution in [0.1, 0.15) is 55.2 Å². The Hall–Kier alpha value is -3.12. The van der Waals surface area contributed by atoms with E-state index in [0.717, 1.165) is 43.4 Å². The number of rotatable bonds is 6. The molecule has 2 aliphatic carbocycles. The average Bonchev–Trinajstić information content (AvgIpc) is 3.65. The van der Waals surface area contributed by atoms with Crippen molar-refractivity contribution in [1.29, 1.82) is 0 Å². The number of piperidine rings is 1. The Bertz CT molecular complexity index is 1260. The zero-order valence-corrected chi connectivity index (χ0v) is 20.9. The highest BCUT2D eigenvalue weighted by atomic mass is 16.2. The van der Waals surface area contributed by atoms with Gasteiger partial charge in [0.05, 0.1) is 11.8 Å². The summed E-state index contributed by atoms with van der Waals surface area (Å²) < 4.78 is 0. The van der Waals surface area contributed by atoms with Gasteiger partial charge in [0.15, 0.2) is 0 Å². The maximum atomic E-state index is 13.5. The first-order valence-electron chi connectivity index (χ1n) is 13.6. The number of hydrogen-bond donors (Lipinski definition) is 3. The van der Waals surface area contributed by atoms with Crippen molar-refractivity contribution in [3.05, 3.63) is 65.4 Å². The normalized spacial score (nSPS) is 22.6. The number of aromatic nitrogens is 1. The molecule has 1 saturated carbocycles. The minimum Gasteiger partial charge on any atom is -0.361 e. The fraction of sp³-hybridized carbons (Fsp3) is 0.467. The number of likely N-dealkylation sites (tertiary alicyclic amines) is 1. The molecule has 2 heterocycles. The number of aromatic amines is 1. The van der Waals surface area contributed by atoms with Crippen molar-refractivity contribution < 1.29 is 9.59 Å². The number of benzene rings is 2. The molecule has 1 aromatic heterocycles. The zero-order valence-electron chi connectivity index (χ0n) is 20.9. The van der Waals surface area contributed by atoms with E-state index in [1.165, 1.54) is 41.3 Å². The molecule has 1 saturated heterocycles. The Labute approximate surface area is 212 Å². The summed E-state index contributed by atoms with van der Waals surface area (Å²) in [6.45, 7) is 2.06. The lowest BCUT2D eigenvalue weighted by molar-refractivity contribution is -0.130. The van der Waals surface area contributed by atoms with Crippen molar-refractivity contribution >= 4 is 28.4 Å². The summed E-state index contributed by atoms with van der Waals surface area (Å²) in [5, 5.41) is 7.67. The van der Waals surface area contributed by atoms with Crippen molar-refractivity contribution in [1.82, 2.24) is 15.2 Å². The number of fused-ring (bicyclic) bond motifs is 2. The number of nitrogens with one attached hydrogen (secondary N) is 3. The van der Waals surface area contributed by atoms with E-state index in [-0.39, 0.29) is 23.7 Å². The lowest BCUT2D eigenvalue weighted by atomic mass is 9.87. The average molecular weight is 485 g/mol. The van der Waals surface area contributed by atoms with E-state index in [4.69, 9.17) is 0 Å². The van der Waals surface area contributed by atoms with E-state index in [1.54, 1.807) is 0 Å². The molecule has 6 nitrogen and oxygen atoms in total. The van der Waals surface area contributed by atoms with Crippen molar-refractivity contribution in [3.8, 4) is 0 Å². The third kappa shape index (κ3) is 4.92. The van der Waals surface area contributed by atoms with Gasteiger partial charge in [0.25, 0.3) is 0 Å². The third-order valence-electron chi connectivity index (χ3n) is 8.40. The van der Waals surface area contributed by atoms with Crippen LogP contribution in [0.3, 0.4) is 0 Å². The summed E-state index contributed by atoms with van der Waals surface area (Å²) in [7, 11) is 0. The van der Waals surface area contributed by atoms with Crippen LogP contribution in [0.4, 0.5) is 5.69 Å². The Balaban J connectivity index is 1.19. The molecule has 0 bridgehead atoms. The summed E-state index contributed by atoms with van der Waals surface area (Å²) in [6, 6.07) is 14.9. The number of para-hydroxylation sites is 1. The van der Waals surface area contributed by atoms with Gasteiger partial charge in [-0.15, -0.1) is 0 Å². The van der Waals surface area contributed by atoms with Crippen LogP contribution in [0, 0.1) is 11.8 Å². The van der Waals surface area contributed by atoms with Crippen molar-refractivity contribution in [3.63, 3.8) is 0 Å². The largest absolute Gasteiger partial charge is 0.361 e. The van der Waals surface area contributed by atoms with Crippen LogP contribution >= 0.6 is 0 Å². The van der Waals surface area contributed by atoms with Gasteiger partial charge < -0.3 is 15.6 Å². The zero-order chi connectivity index (χ0) is 24.5. The lowest BCUT2D eigenvalue weighted by Crippen LogP contribution is -2.50. The van der Waals surface area contributed by atoms with Gasteiger partial charge in [0.2, 0.25) is 11.8 Å². The van der Waals surface area contributed by atoms with E-state index in [1.807, 2.05) is 12.1 Å². The standard InChI is InChI=1S/C30H36N4O2/c35-29(32-25-8-1-2-9-25)22-14-23(30(36)33-26-13-12-20-6-5-7-21(20)15-26)18-34(17-22)19-24-16-31-28-11-4-3-10-27(24)28/h3-4,10-13,15-16,22-23,25,31H,1-2,5-9,14,17-19H2,(H,32,35)(H,33,36)/t22-,23+/m0/s1. The van der Waals surface area contributed by atoms with E-state index in [0.29, 0.717) is 25.6 Å². The van der Waals surface area contributed by atoms with Gasteiger partial charge in [0.1, 0.15) is 0 Å². The highest BCUT2D eigenvalue weighted by Gasteiger charge is 2.36. The molecule has 188 valence electrons. The quantitative estimate of drug-likeness (QED) is 0.471. The Kier molecular flexibility index (Phi) is 6.53. The van der Waals surface area contributed by atoms with Gasteiger partial charge in [-0.25, -0.2) is 0 Å². The van der Waals surface area contributed by atoms with Crippen molar-refractivity contribution in [2.45, 2.75) is 64.0 Å². The first-order valence-corrected chi connectivity index (χ1v) is 13.6. The van der Waals surface area contributed by atoms with Crippen LogP contribution in [0.2, 0.25) is 0 Å². The summed E-state index contributed by atoms with van der Waals surface area (Å²) >= 11 is 0. The molecule has 3 aliphatic rings. The second-order valence-electron chi connectivity index (χ2n) is 11.0. The van der Waals surface area contributed by atoms with Crippen LogP contribution in [-0.4, -0.2) is 40.8 Å². The Morgan fingerprint density at radius 2 is 1.69 bits per heavy atom. The highest BCUT2D eigenvalue weighted by molar-refractivity contribution is 5.93. The van der Waals surface area contributed by atoms with E-state index >= 15 is 0 Å². The molecular formula is C30H36N4O2. The van der Waals surface area contributed by atoms with Crippen LogP contribution in [0.25, 0.3) is 10.9 Å². The second-order valence-corrected chi connectivity index (χ2v) is 11.0. The minimum absolute atomic E-state index is 0.0234. The molecule has 1 aliphatic heterocycles. The van der Waals surface area contributed by atoms with E-state index in [2.05, 4.69) is 57.0 Å². The van der Waals surface area contributed by atoms with Gasteiger partial charge in [-0.2, -0.15) is 0 Å². The van der Waals surface area contributed by atoms with Gasteiger partial charge in [-0.05, 0) is 73.4 Å². The minimum atomic E-state index is -0.225. The van der Waals surface area contributed by atoms with Crippen molar-refractivity contribution in [2.75, 3.05) is 18.4 Å². The number of nitrogens with zero attached hydrogens (tertiary/aromatic N) is 1. The topological polar surface area (TPSA) is 77.2 Å². The number of anilines is 1. The monoisotopic (exact) mass is 484 g/mol. The molecule has 2 atom stereocenters. The predicted molar refractivity (Wildman–Crippen MR) is 143 cm³/mol. The van der Waals surface area contributed by atoms with Gasteiger partial charge in [-0.1, -0.05) is 37.1 Å².